The van der Waals surface area contributed by atoms with Gasteiger partial charge in [-0.25, -0.2) is 0 Å². The van der Waals surface area contributed by atoms with Crippen molar-refractivity contribution >= 4 is 5.91 Å². The zero-order valence-electron chi connectivity index (χ0n) is 11.6. The molecular formula is C14H27N3O. The van der Waals surface area contributed by atoms with Crippen LogP contribution in [-0.4, -0.2) is 43.0 Å². The minimum Gasteiger partial charge on any atom is -0.352 e. The minimum atomic E-state index is 0.122. The van der Waals surface area contributed by atoms with Crippen LogP contribution in [-0.2, 0) is 4.79 Å². The fourth-order valence-corrected chi connectivity index (χ4v) is 3.19. The number of nitrogens with two attached hydrogens (primary N) is 1. The molecule has 1 amide bonds. The Hall–Kier alpha value is -0.610. The van der Waals surface area contributed by atoms with Crippen LogP contribution in [0.2, 0.25) is 0 Å². The van der Waals surface area contributed by atoms with Gasteiger partial charge in [0.1, 0.15) is 0 Å². The number of hydrogen-bond acceptors (Lipinski definition) is 3. The van der Waals surface area contributed by atoms with Gasteiger partial charge in [-0.2, -0.15) is 0 Å². The van der Waals surface area contributed by atoms with Crippen molar-refractivity contribution in [2.45, 2.75) is 51.5 Å². The first kappa shape index (κ1) is 13.8. The van der Waals surface area contributed by atoms with E-state index in [1.54, 1.807) is 0 Å². The molecule has 4 heteroatoms. The van der Waals surface area contributed by atoms with Crippen molar-refractivity contribution < 1.29 is 4.79 Å². The number of likely N-dealkylation sites (tertiary alicyclic amines) is 1. The second kappa shape index (κ2) is 6.02. The van der Waals surface area contributed by atoms with Gasteiger partial charge in [0.05, 0.1) is 0 Å². The Morgan fingerprint density at radius 1 is 1.33 bits per heavy atom. The maximum Gasteiger partial charge on any atom is 0.220 e. The maximum absolute atomic E-state index is 12.0. The highest BCUT2D eigenvalue weighted by molar-refractivity contribution is 5.77. The van der Waals surface area contributed by atoms with Gasteiger partial charge in [0, 0.05) is 19.0 Å². The van der Waals surface area contributed by atoms with E-state index in [1.807, 2.05) is 0 Å². The summed E-state index contributed by atoms with van der Waals surface area (Å²) < 4.78 is 0. The third-order valence-corrected chi connectivity index (χ3v) is 4.52. The molecule has 1 atom stereocenters. The molecule has 2 rings (SSSR count). The molecule has 0 aromatic heterocycles. The lowest BCUT2D eigenvalue weighted by Gasteiger charge is -2.40. The number of carbonyl (C=O) groups excluding carboxylic acids is 1. The van der Waals surface area contributed by atoms with E-state index in [0.717, 1.165) is 19.4 Å². The minimum absolute atomic E-state index is 0.122. The molecule has 0 bridgehead atoms. The molecule has 1 unspecified atom stereocenters. The molecule has 18 heavy (non-hydrogen) atoms. The van der Waals surface area contributed by atoms with Gasteiger partial charge in [-0.15, -0.1) is 0 Å². The highest BCUT2D eigenvalue weighted by Gasteiger charge is 2.37. The molecule has 4 nitrogen and oxygen atoms in total. The Balaban J connectivity index is 1.69. The van der Waals surface area contributed by atoms with Crippen molar-refractivity contribution in [3.8, 4) is 0 Å². The van der Waals surface area contributed by atoms with Crippen LogP contribution >= 0.6 is 0 Å². The van der Waals surface area contributed by atoms with Gasteiger partial charge in [0.2, 0.25) is 5.91 Å². The largest absolute Gasteiger partial charge is 0.352 e. The highest BCUT2D eigenvalue weighted by Crippen LogP contribution is 2.42. The molecule has 1 heterocycles. The van der Waals surface area contributed by atoms with Gasteiger partial charge < -0.3 is 16.0 Å². The number of amides is 1. The van der Waals surface area contributed by atoms with Gasteiger partial charge in [-0.05, 0) is 57.7 Å². The van der Waals surface area contributed by atoms with E-state index in [-0.39, 0.29) is 17.4 Å². The number of carbonyl (C=O) groups is 1. The average Bonchev–Trinajstić information content (AvgIpc) is 2.75. The summed E-state index contributed by atoms with van der Waals surface area (Å²) >= 11 is 0. The second-order valence-corrected chi connectivity index (χ2v) is 6.21. The summed E-state index contributed by atoms with van der Waals surface area (Å²) in [7, 11) is 0. The molecule has 1 saturated heterocycles. The van der Waals surface area contributed by atoms with Crippen molar-refractivity contribution in [2.75, 3.05) is 26.2 Å². The molecule has 2 fully saturated rings. The van der Waals surface area contributed by atoms with Crippen LogP contribution in [0.5, 0.6) is 0 Å². The molecule has 0 spiro atoms. The lowest BCUT2D eigenvalue weighted by Crippen LogP contribution is -2.46. The van der Waals surface area contributed by atoms with Crippen LogP contribution in [0.3, 0.4) is 0 Å². The summed E-state index contributed by atoms with van der Waals surface area (Å²) in [4.78, 5) is 14.4. The molecule has 0 aromatic rings. The highest BCUT2D eigenvalue weighted by atomic mass is 16.1. The first-order chi connectivity index (χ1) is 8.63. The summed E-state index contributed by atoms with van der Waals surface area (Å²) in [5.41, 5.74) is 5.91. The molecule has 0 radical (unpaired) electrons. The van der Waals surface area contributed by atoms with Crippen LogP contribution in [0.25, 0.3) is 0 Å². The third-order valence-electron chi connectivity index (χ3n) is 4.52. The predicted octanol–water partition coefficient (Wildman–Crippen LogP) is 1.11. The second-order valence-electron chi connectivity index (χ2n) is 6.21. The van der Waals surface area contributed by atoms with E-state index in [0.29, 0.717) is 13.0 Å². The SMILES string of the molecule is CC(CN1CCCC1)NC(=O)CC1(CN)CCC1. The molecule has 104 valence electrons. The van der Waals surface area contributed by atoms with Crippen molar-refractivity contribution in [1.82, 2.24) is 10.2 Å². The van der Waals surface area contributed by atoms with E-state index in [4.69, 9.17) is 5.73 Å². The molecule has 2 aliphatic rings. The van der Waals surface area contributed by atoms with Gasteiger partial charge in [0.25, 0.3) is 0 Å². The quantitative estimate of drug-likeness (QED) is 0.745. The van der Waals surface area contributed by atoms with Crippen LogP contribution < -0.4 is 11.1 Å². The maximum atomic E-state index is 12.0. The Kier molecular flexibility index (Phi) is 4.62. The van der Waals surface area contributed by atoms with Gasteiger partial charge in [-0.3, -0.25) is 4.79 Å². The standard InChI is InChI=1S/C14H27N3O/c1-12(10-17-7-2-3-8-17)16-13(18)9-14(11-15)5-4-6-14/h12H,2-11,15H2,1H3,(H,16,18). The van der Waals surface area contributed by atoms with E-state index in [1.165, 1.54) is 32.4 Å². The lowest BCUT2D eigenvalue weighted by molar-refractivity contribution is -0.125. The van der Waals surface area contributed by atoms with Crippen molar-refractivity contribution in [3.05, 3.63) is 0 Å². The summed E-state index contributed by atoms with van der Waals surface area (Å²) in [6, 6.07) is 0.255. The van der Waals surface area contributed by atoms with Crippen LogP contribution in [0.1, 0.15) is 45.4 Å². The number of rotatable bonds is 6. The smallest absolute Gasteiger partial charge is 0.220 e. The summed E-state index contributed by atoms with van der Waals surface area (Å²) in [6.45, 7) is 6.12. The monoisotopic (exact) mass is 253 g/mol. The van der Waals surface area contributed by atoms with Crippen molar-refractivity contribution in [3.63, 3.8) is 0 Å². The number of nitrogens with zero attached hydrogens (tertiary/aromatic N) is 1. The molecular weight excluding hydrogens is 226 g/mol. The summed E-state index contributed by atoms with van der Waals surface area (Å²) in [5, 5.41) is 3.13. The van der Waals surface area contributed by atoms with Crippen molar-refractivity contribution in [2.24, 2.45) is 11.1 Å². The van der Waals surface area contributed by atoms with E-state index >= 15 is 0 Å². The Bertz CT molecular complexity index is 277. The van der Waals surface area contributed by atoms with E-state index < -0.39 is 0 Å². The van der Waals surface area contributed by atoms with Gasteiger partial charge in [0.15, 0.2) is 0 Å². The average molecular weight is 253 g/mol. The Morgan fingerprint density at radius 3 is 2.50 bits per heavy atom. The molecule has 1 aliphatic heterocycles. The Labute approximate surface area is 110 Å². The van der Waals surface area contributed by atoms with Crippen molar-refractivity contribution in [1.29, 1.82) is 0 Å². The van der Waals surface area contributed by atoms with Crippen LogP contribution in [0, 0.1) is 5.41 Å². The van der Waals surface area contributed by atoms with Gasteiger partial charge >= 0.3 is 0 Å². The molecule has 1 aliphatic carbocycles. The molecule has 1 saturated carbocycles. The summed E-state index contributed by atoms with van der Waals surface area (Å²) in [5.74, 6) is 0.187. The first-order valence-electron chi connectivity index (χ1n) is 7.35. The topological polar surface area (TPSA) is 58.4 Å². The van der Waals surface area contributed by atoms with Crippen LogP contribution in [0.15, 0.2) is 0 Å². The predicted molar refractivity (Wildman–Crippen MR) is 73.2 cm³/mol. The fraction of sp³-hybridized carbons (Fsp3) is 0.929. The zero-order chi connectivity index (χ0) is 13.0. The summed E-state index contributed by atoms with van der Waals surface area (Å²) in [6.07, 6.45) is 6.70. The third kappa shape index (κ3) is 3.45. The molecule has 0 aromatic carbocycles. The lowest BCUT2D eigenvalue weighted by atomic mass is 9.66. The van der Waals surface area contributed by atoms with E-state index in [2.05, 4.69) is 17.1 Å². The normalized spacial score (nSPS) is 24.6. The van der Waals surface area contributed by atoms with E-state index in [9.17, 15) is 4.79 Å². The number of hydrogen-bond donors (Lipinski definition) is 2. The van der Waals surface area contributed by atoms with Gasteiger partial charge in [-0.1, -0.05) is 6.42 Å². The Morgan fingerprint density at radius 2 is 2.00 bits per heavy atom. The zero-order valence-corrected chi connectivity index (χ0v) is 11.6. The first-order valence-corrected chi connectivity index (χ1v) is 7.35. The molecule has 3 N–H and O–H groups in total. The number of nitrogens with one attached hydrogen (secondary N) is 1. The fourth-order valence-electron chi connectivity index (χ4n) is 3.19. The van der Waals surface area contributed by atoms with Crippen LogP contribution in [0.4, 0.5) is 0 Å².